The number of amides is 1. The van der Waals surface area contributed by atoms with Crippen LogP contribution in [-0.2, 0) is 13.2 Å². The van der Waals surface area contributed by atoms with E-state index in [9.17, 15) is 4.79 Å². The Hall–Kier alpha value is -2.74. The van der Waals surface area contributed by atoms with E-state index in [1.807, 2.05) is 30.3 Å². The summed E-state index contributed by atoms with van der Waals surface area (Å²) in [6, 6.07) is 17.9. The number of carbonyl (C=O) groups excluding carboxylic acids is 1. The minimum absolute atomic E-state index is 0.174. The predicted octanol–water partition coefficient (Wildman–Crippen LogP) is 6.43. The molecule has 0 aliphatic heterocycles. The van der Waals surface area contributed by atoms with Gasteiger partial charge >= 0.3 is 0 Å². The van der Waals surface area contributed by atoms with E-state index in [1.54, 1.807) is 41.2 Å². The first-order valence-corrected chi connectivity index (χ1v) is 10.8. The summed E-state index contributed by atoms with van der Waals surface area (Å²) in [5.74, 6) is 1.44. The van der Waals surface area contributed by atoms with Crippen molar-refractivity contribution in [2.45, 2.75) is 13.2 Å². The maximum Gasteiger partial charge on any atom is 0.292 e. The van der Waals surface area contributed by atoms with Crippen LogP contribution in [0.25, 0.3) is 0 Å². The zero-order valence-corrected chi connectivity index (χ0v) is 19.1. The molecule has 2 aromatic heterocycles. The summed E-state index contributed by atoms with van der Waals surface area (Å²) in [6.45, 7) is 0.707. The highest BCUT2D eigenvalue weighted by atomic mass is 79.9. The standard InChI is InChI=1S/C22H16BrCl2N3O3/c23-15-2-4-16(5-3-15)30-13-17-6-8-20(31-17)22(29)26-21-9-10-28(27-21)12-14-1-7-18(24)19(25)11-14/h1-11H,12-13H2,(H,26,27,29). The molecule has 158 valence electrons. The van der Waals surface area contributed by atoms with Gasteiger partial charge < -0.3 is 14.5 Å². The van der Waals surface area contributed by atoms with E-state index in [-0.39, 0.29) is 12.4 Å². The minimum Gasteiger partial charge on any atom is -0.486 e. The first kappa shape index (κ1) is 21.5. The first-order valence-electron chi connectivity index (χ1n) is 9.22. The Labute approximate surface area is 196 Å². The van der Waals surface area contributed by atoms with Crippen LogP contribution in [0.3, 0.4) is 0 Å². The molecule has 0 atom stereocenters. The van der Waals surface area contributed by atoms with Gasteiger partial charge in [0, 0.05) is 16.7 Å². The minimum atomic E-state index is -0.394. The molecule has 0 saturated heterocycles. The van der Waals surface area contributed by atoms with Crippen LogP contribution < -0.4 is 10.1 Å². The lowest BCUT2D eigenvalue weighted by molar-refractivity contribution is 0.0992. The van der Waals surface area contributed by atoms with Crippen molar-refractivity contribution < 1.29 is 13.9 Å². The van der Waals surface area contributed by atoms with Gasteiger partial charge in [0.25, 0.3) is 5.91 Å². The number of benzene rings is 2. The van der Waals surface area contributed by atoms with E-state index < -0.39 is 5.91 Å². The lowest BCUT2D eigenvalue weighted by Gasteiger charge is -2.04. The molecule has 0 saturated carbocycles. The molecule has 4 rings (SSSR count). The van der Waals surface area contributed by atoms with Crippen LogP contribution in [0.4, 0.5) is 5.82 Å². The van der Waals surface area contributed by atoms with Crippen LogP contribution in [0, 0.1) is 0 Å². The molecular formula is C22H16BrCl2N3O3. The van der Waals surface area contributed by atoms with E-state index in [4.69, 9.17) is 32.4 Å². The number of carbonyl (C=O) groups is 1. The molecule has 0 aliphatic rings. The largest absolute Gasteiger partial charge is 0.486 e. The second kappa shape index (κ2) is 9.60. The summed E-state index contributed by atoms with van der Waals surface area (Å²) in [6.07, 6.45) is 1.76. The fourth-order valence-electron chi connectivity index (χ4n) is 2.78. The van der Waals surface area contributed by atoms with E-state index >= 15 is 0 Å². The van der Waals surface area contributed by atoms with Gasteiger partial charge in [-0.1, -0.05) is 45.2 Å². The highest BCUT2D eigenvalue weighted by Gasteiger charge is 2.13. The molecule has 0 bridgehead atoms. The Balaban J connectivity index is 1.33. The molecule has 0 radical (unpaired) electrons. The van der Waals surface area contributed by atoms with Gasteiger partial charge in [-0.2, -0.15) is 5.10 Å². The van der Waals surface area contributed by atoms with E-state index in [2.05, 4.69) is 26.3 Å². The van der Waals surface area contributed by atoms with Crippen LogP contribution in [0.15, 0.2) is 75.8 Å². The second-order valence-electron chi connectivity index (χ2n) is 6.61. The first-order chi connectivity index (χ1) is 15.0. The Kier molecular flexibility index (Phi) is 6.65. The molecule has 31 heavy (non-hydrogen) atoms. The molecule has 2 aromatic carbocycles. The SMILES string of the molecule is O=C(Nc1ccn(Cc2ccc(Cl)c(Cl)c2)n1)c1ccc(COc2ccc(Br)cc2)o1. The van der Waals surface area contributed by atoms with Crippen molar-refractivity contribution in [2.24, 2.45) is 0 Å². The van der Waals surface area contributed by atoms with Gasteiger partial charge in [-0.05, 0) is 54.1 Å². The van der Waals surface area contributed by atoms with Gasteiger partial charge in [-0.3, -0.25) is 9.48 Å². The van der Waals surface area contributed by atoms with Gasteiger partial charge in [0.05, 0.1) is 16.6 Å². The summed E-state index contributed by atoms with van der Waals surface area (Å²) >= 11 is 15.4. The monoisotopic (exact) mass is 519 g/mol. The van der Waals surface area contributed by atoms with Crippen molar-refractivity contribution in [3.8, 4) is 5.75 Å². The summed E-state index contributed by atoms with van der Waals surface area (Å²) in [7, 11) is 0. The number of rotatable bonds is 7. The van der Waals surface area contributed by atoms with Gasteiger partial charge in [-0.15, -0.1) is 0 Å². The topological polar surface area (TPSA) is 69.3 Å². The molecule has 2 heterocycles. The fraction of sp³-hybridized carbons (Fsp3) is 0.0909. The number of hydrogen-bond acceptors (Lipinski definition) is 4. The Morgan fingerprint density at radius 2 is 1.87 bits per heavy atom. The zero-order valence-electron chi connectivity index (χ0n) is 16.0. The predicted molar refractivity (Wildman–Crippen MR) is 123 cm³/mol. The van der Waals surface area contributed by atoms with E-state index in [0.29, 0.717) is 33.9 Å². The van der Waals surface area contributed by atoms with Crippen LogP contribution in [0.5, 0.6) is 5.75 Å². The van der Waals surface area contributed by atoms with Crippen LogP contribution in [0.2, 0.25) is 10.0 Å². The van der Waals surface area contributed by atoms with Crippen LogP contribution in [0.1, 0.15) is 21.9 Å². The van der Waals surface area contributed by atoms with E-state index in [0.717, 1.165) is 10.0 Å². The normalized spacial score (nSPS) is 10.8. The number of halogens is 3. The zero-order chi connectivity index (χ0) is 21.8. The number of anilines is 1. The maximum absolute atomic E-state index is 12.5. The molecule has 4 aromatic rings. The third-order valence-corrected chi connectivity index (χ3v) is 5.56. The lowest BCUT2D eigenvalue weighted by Crippen LogP contribution is -2.12. The number of furan rings is 1. The van der Waals surface area contributed by atoms with Crippen LogP contribution >= 0.6 is 39.1 Å². The third kappa shape index (κ3) is 5.70. The number of nitrogens with zero attached hydrogens (tertiary/aromatic N) is 2. The summed E-state index contributed by atoms with van der Waals surface area (Å²) < 4.78 is 13.9. The Bertz CT molecular complexity index is 1200. The number of aromatic nitrogens is 2. The number of nitrogens with one attached hydrogen (secondary N) is 1. The highest BCUT2D eigenvalue weighted by Crippen LogP contribution is 2.23. The molecule has 0 aliphatic carbocycles. The highest BCUT2D eigenvalue weighted by molar-refractivity contribution is 9.10. The average molecular weight is 521 g/mol. The number of ether oxygens (including phenoxy) is 1. The molecule has 0 fully saturated rings. The molecule has 0 unspecified atom stereocenters. The van der Waals surface area contributed by atoms with Crippen molar-refractivity contribution in [3.05, 3.63) is 98.5 Å². The Morgan fingerprint density at radius 3 is 2.65 bits per heavy atom. The van der Waals surface area contributed by atoms with Gasteiger partial charge in [0.2, 0.25) is 0 Å². The van der Waals surface area contributed by atoms with Crippen molar-refractivity contribution in [2.75, 3.05) is 5.32 Å². The maximum atomic E-state index is 12.5. The molecule has 6 nitrogen and oxygen atoms in total. The fourth-order valence-corrected chi connectivity index (χ4v) is 3.37. The average Bonchev–Trinajstić information content (AvgIpc) is 3.40. The number of hydrogen-bond donors (Lipinski definition) is 1. The molecule has 0 spiro atoms. The molecule has 9 heteroatoms. The van der Waals surface area contributed by atoms with Crippen molar-refractivity contribution >= 4 is 50.9 Å². The van der Waals surface area contributed by atoms with Crippen LogP contribution in [-0.4, -0.2) is 15.7 Å². The van der Waals surface area contributed by atoms with Crippen molar-refractivity contribution in [3.63, 3.8) is 0 Å². The second-order valence-corrected chi connectivity index (χ2v) is 8.34. The smallest absolute Gasteiger partial charge is 0.292 e. The molecule has 1 amide bonds. The molecular weight excluding hydrogens is 505 g/mol. The van der Waals surface area contributed by atoms with Gasteiger partial charge in [0.15, 0.2) is 11.6 Å². The van der Waals surface area contributed by atoms with E-state index in [1.165, 1.54) is 0 Å². The quantitative estimate of drug-likeness (QED) is 0.305. The van der Waals surface area contributed by atoms with Gasteiger partial charge in [-0.25, -0.2) is 0 Å². The summed E-state index contributed by atoms with van der Waals surface area (Å²) in [5.41, 5.74) is 0.942. The summed E-state index contributed by atoms with van der Waals surface area (Å²) in [5, 5.41) is 8.05. The lowest BCUT2D eigenvalue weighted by atomic mass is 10.2. The summed E-state index contributed by atoms with van der Waals surface area (Å²) in [4.78, 5) is 12.5. The molecule has 1 N–H and O–H groups in total. The Morgan fingerprint density at radius 1 is 1.06 bits per heavy atom. The third-order valence-electron chi connectivity index (χ3n) is 4.29. The van der Waals surface area contributed by atoms with Crippen molar-refractivity contribution in [1.82, 2.24) is 9.78 Å². The van der Waals surface area contributed by atoms with Crippen molar-refractivity contribution in [1.29, 1.82) is 0 Å². The van der Waals surface area contributed by atoms with Gasteiger partial charge in [0.1, 0.15) is 18.1 Å².